The first-order valence-electron chi connectivity index (χ1n) is 19.0. The third-order valence-corrected chi connectivity index (χ3v) is 10.5. The minimum atomic E-state index is -4.77. The van der Waals surface area contributed by atoms with Crippen molar-refractivity contribution in [2.45, 2.75) is 51.6 Å². The van der Waals surface area contributed by atoms with Crippen LogP contribution in [0.3, 0.4) is 0 Å². The summed E-state index contributed by atoms with van der Waals surface area (Å²) in [5.74, 6) is -7.82. The topological polar surface area (TPSA) is 167 Å². The average molecular weight is 845 g/mol. The van der Waals surface area contributed by atoms with E-state index in [1.807, 2.05) is 0 Å². The van der Waals surface area contributed by atoms with Crippen molar-refractivity contribution >= 4 is 61.2 Å². The number of sulfonamides is 1. The smallest absolute Gasteiger partial charge is 0.249 e. The summed E-state index contributed by atoms with van der Waals surface area (Å²) in [6, 6.07) is 11.6. The number of anilines is 2. The van der Waals surface area contributed by atoms with Crippen LogP contribution in [0.1, 0.15) is 37.8 Å². The summed E-state index contributed by atoms with van der Waals surface area (Å²) in [5, 5.41) is 2.43. The standard InChI is InChI=1S/C42H40F4N8O5S/c1-3-13-53(32-5-7-34-36(23-32)49-11-9-47-34)41(56)38(19-26-15-28(43)21-29(44)16-26)51-40(55)25-60(58,59)52-39(20-27-17-30(45)22-31(46)18-27)42(57)54(14-4-2)33-6-8-35-37(24-33)50-12-10-48-35/h5-12,15-18,21-24,38-39,52H,3-4,13-14,19-20,25H2,1-2H3,(H,51,55)/t38-,39-/m0/s1. The molecular formula is C42H40F4N8O5S. The molecule has 4 aromatic carbocycles. The molecule has 2 aromatic heterocycles. The maximum Gasteiger partial charge on any atom is 0.249 e. The van der Waals surface area contributed by atoms with Gasteiger partial charge in [-0.15, -0.1) is 0 Å². The van der Waals surface area contributed by atoms with Gasteiger partial charge in [0.2, 0.25) is 27.7 Å². The molecule has 0 radical (unpaired) electrons. The van der Waals surface area contributed by atoms with Crippen molar-refractivity contribution < 1.29 is 40.4 Å². The summed E-state index contributed by atoms with van der Waals surface area (Å²) in [5.41, 5.74) is 2.65. The number of carbonyl (C=O) groups is 3. The van der Waals surface area contributed by atoms with E-state index in [9.17, 15) is 40.4 Å². The molecule has 2 N–H and O–H groups in total. The highest BCUT2D eigenvalue weighted by Gasteiger charge is 2.33. The van der Waals surface area contributed by atoms with Gasteiger partial charge in [-0.3, -0.25) is 34.3 Å². The van der Waals surface area contributed by atoms with Crippen molar-refractivity contribution in [3.05, 3.63) is 132 Å². The Morgan fingerprint density at radius 2 is 0.983 bits per heavy atom. The van der Waals surface area contributed by atoms with Gasteiger partial charge in [-0.1, -0.05) is 13.8 Å². The van der Waals surface area contributed by atoms with Crippen molar-refractivity contribution in [1.29, 1.82) is 0 Å². The lowest BCUT2D eigenvalue weighted by Crippen LogP contribution is -2.54. The van der Waals surface area contributed by atoms with Crippen LogP contribution in [0.15, 0.2) is 97.6 Å². The van der Waals surface area contributed by atoms with Gasteiger partial charge >= 0.3 is 0 Å². The van der Waals surface area contributed by atoms with E-state index in [1.54, 1.807) is 50.2 Å². The number of benzene rings is 4. The number of nitrogens with zero attached hydrogens (tertiary/aromatic N) is 6. The number of aromatic nitrogens is 4. The molecule has 6 aromatic rings. The fourth-order valence-electron chi connectivity index (χ4n) is 6.77. The van der Waals surface area contributed by atoms with Crippen LogP contribution < -0.4 is 19.8 Å². The molecule has 13 nitrogen and oxygen atoms in total. The maximum atomic E-state index is 14.3. The summed E-state index contributed by atoms with van der Waals surface area (Å²) in [7, 11) is -4.77. The first-order valence-corrected chi connectivity index (χ1v) is 20.6. The van der Waals surface area contributed by atoms with Crippen LogP contribution in [0.5, 0.6) is 0 Å². The Bertz CT molecular complexity index is 2620. The zero-order valence-corrected chi connectivity index (χ0v) is 33.3. The van der Waals surface area contributed by atoms with Crippen molar-refractivity contribution in [1.82, 2.24) is 30.0 Å². The number of carbonyl (C=O) groups excluding carboxylic acids is 3. The van der Waals surface area contributed by atoms with Crippen LogP contribution in [0.25, 0.3) is 22.1 Å². The lowest BCUT2D eigenvalue weighted by molar-refractivity contribution is -0.126. The number of rotatable bonds is 17. The average Bonchev–Trinajstić information content (AvgIpc) is 3.19. The summed E-state index contributed by atoms with van der Waals surface area (Å²) in [4.78, 5) is 62.0. The quantitative estimate of drug-likeness (QED) is 0.112. The van der Waals surface area contributed by atoms with Gasteiger partial charge in [-0.05, 0) is 91.1 Å². The lowest BCUT2D eigenvalue weighted by Gasteiger charge is -2.29. The van der Waals surface area contributed by atoms with Crippen molar-refractivity contribution in [3.63, 3.8) is 0 Å². The number of hydrogen-bond acceptors (Lipinski definition) is 9. The summed E-state index contributed by atoms with van der Waals surface area (Å²) >= 11 is 0. The van der Waals surface area contributed by atoms with Crippen LogP contribution in [0.4, 0.5) is 28.9 Å². The number of amides is 3. The molecule has 312 valence electrons. The van der Waals surface area contributed by atoms with E-state index in [0.29, 0.717) is 58.4 Å². The van der Waals surface area contributed by atoms with Gasteiger partial charge in [0.15, 0.2) is 0 Å². The molecular weight excluding hydrogens is 805 g/mol. The minimum absolute atomic E-state index is 0.00312. The van der Waals surface area contributed by atoms with Crippen molar-refractivity contribution in [2.75, 3.05) is 28.6 Å². The Hall–Kier alpha value is -6.40. The van der Waals surface area contributed by atoms with E-state index in [4.69, 9.17) is 0 Å². The first-order chi connectivity index (χ1) is 28.7. The Morgan fingerprint density at radius 1 is 0.583 bits per heavy atom. The van der Waals surface area contributed by atoms with Crippen LogP contribution in [0.2, 0.25) is 0 Å². The van der Waals surface area contributed by atoms with Gasteiger partial charge in [-0.25, -0.2) is 30.7 Å². The van der Waals surface area contributed by atoms with E-state index < -0.39 is 81.7 Å². The van der Waals surface area contributed by atoms with E-state index in [0.717, 1.165) is 24.3 Å². The van der Waals surface area contributed by atoms with Crippen LogP contribution >= 0.6 is 0 Å². The summed E-state index contributed by atoms with van der Waals surface area (Å²) in [6.07, 6.45) is 5.86. The lowest BCUT2D eigenvalue weighted by atomic mass is 10.0. The first kappa shape index (κ1) is 43.2. The van der Waals surface area contributed by atoms with E-state index in [1.165, 1.54) is 34.6 Å². The second-order valence-corrected chi connectivity index (χ2v) is 15.7. The summed E-state index contributed by atoms with van der Waals surface area (Å²) < 4.78 is 87.2. The Labute approximate surface area is 342 Å². The molecule has 6 rings (SSSR count). The highest BCUT2D eigenvalue weighted by atomic mass is 32.2. The third-order valence-electron chi connectivity index (χ3n) is 9.25. The fraction of sp³-hybridized carbons (Fsp3) is 0.262. The number of nitrogens with one attached hydrogen (secondary N) is 2. The Balaban J connectivity index is 1.29. The monoisotopic (exact) mass is 844 g/mol. The second-order valence-electron chi connectivity index (χ2n) is 14.0. The molecule has 0 unspecified atom stereocenters. The molecule has 0 aliphatic carbocycles. The molecule has 18 heteroatoms. The molecule has 0 saturated heterocycles. The molecule has 60 heavy (non-hydrogen) atoms. The van der Waals surface area contributed by atoms with Gasteiger partial charge in [-0.2, -0.15) is 0 Å². The SMILES string of the molecule is CCCN(C(=O)[C@H](Cc1cc(F)cc(F)c1)NC(=O)CS(=O)(=O)N[C@@H](Cc1cc(F)cc(F)c1)C(=O)N(CCC)c1ccc2nccnc2c1)c1ccc2nccnc2c1. The predicted octanol–water partition coefficient (Wildman–Crippen LogP) is 5.57. The van der Waals surface area contributed by atoms with Gasteiger partial charge in [0.05, 0.1) is 22.1 Å². The molecule has 0 aliphatic heterocycles. The number of halogens is 4. The van der Waals surface area contributed by atoms with Gasteiger partial charge in [0, 0.05) is 67.8 Å². The van der Waals surface area contributed by atoms with Crippen LogP contribution in [-0.2, 0) is 37.2 Å². The highest BCUT2D eigenvalue weighted by Crippen LogP contribution is 2.24. The van der Waals surface area contributed by atoms with Crippen LogP contribution in [0, 0.1) is 23.3 Å². The third kappa shape index (κ3) is 11.0. The molecule has 0 aliphatic rings. The fourth-order valence-corrected chi connectivity index (χ4v) is 7.90. The van der Waals surface area contributed by atoms with E-state index in [-0.39, 0.29) is 24.2 Å². The normalized spacial score (nSPS) is 12.6. The van der Waals surface area contributed by atoms with Crippen LogP contribution in [-0.4, -0.2) is 77.0 Å². The summed E-state index contributed by atoms with van der Waals surface area (Å²) in [6.45, 7) is 3.83. The zero-order valence-electron chi connectivity index (χ0n) is 32.5. The molecule has 0 fully saturated rings. The Morgan fingerprint density at radius 3 is 1.42 bits per heavy atom. The number of hydrogen-bond donors (Lipinski definition) is 2. The molecule has 2 atom stereocenters. The highest BCUT2D eigenvalue weighted by molar-refractivity contribution is 7.90. The van der Waals surface area contributed by atoms with Gasteiger partial charge in [0.25, 0.3) is 0 Å². The molecule has 0 bridgehead atoms. The largest absolute Gasteiger partial charge is 0.343 e. The minimum Gasteiger partial charge on any atom is -0.343 e. The van der Waals surface area contributed by atoms with Gasteiger partial charge in [0.1, 0.15) is 41.1 Å². The Kier molecular flexibility index (Phi) is 13.8. The second kappa shape index (κ2) is 19.1. The van der Waals surface area contributed by atoms with Gasteiger partial charge < -0.3 is 15.1 Å². The molecule has 0 spiro atoms. The van der Waals surface area contributed by atoms with E-state index >= 15 is 0 Å². The number of fused-ring (bicyclic) bond motifs is 2. The molecule has 0 saturated carbocycles. The van der Waals surface area contributed by atoms with Crippen molar-refractivity contribution in [2.24, 2.45) is 0 Å². The molecule has 3 amide bonds. The maximum absolute atomic E-state index is 14.3. The predicted molar refractivity (Wildman–Crippen MR) is 217 cm³/mol. The zero-order chi connectivity index (χ0) is 43.0. The van der Waals surface area contributed by atoms with Crippen molar-refractivity contribution in [3.8, 4) is 0 Å². The van der Waals surface area contributed by atoms with E-state index in [2.05, 4.69) is 30.0 Å². The molecule has 2 heterocycles.